The third-order valence-electron chi connectivity index (χ3n) is 7.30. The number of hydrogen-bond donors (Lipinski definition) is 1. The molecule has 152 valence electrons. The maximum Gasteiger partial charge on any atom is 0.247 e. The fraction of sp³-hybridized carbons (Fsp3) is 0.500. The molecule has 5 nitrogen and oxygen atoms in total. The molecule has 2 aliphatic heterocycles. The van der Waals surface area contributed by atoms with E-state index in [1.165, 1.54) is 31.4 Å². The highest BCUT2D eigenvalue weighted by Crippen LogP contribution is 2.40. The van der Waals surface area contributed by atoms with Gasteiger partial charge in [-0.25, -0.2) is 0 Å². The van der Waals surface area contributed by atoms with Gasteiger partial charge in [-0.2, -0.15) is 0 Å². The molecule has 1 aromatic heterocycles. The molecule has 5 rings (SSSR count). The van der Waals surface area contributed by atoms with E-state index in [1.807, 2.05) is 18.3 Å². The Morgan fingerprint density at radius 3 is 2.48 bits per heavy atom. The van der Waals surface area contributed by atoms with Gasteiger partial charge in [0, 0.05) is 42.6 Å². The summed E-state index contributed by atoms with van der Waals surface area (Å²) in [7, 11) is 0. The quantitative estimate of drug-likeness (QED) is 0.871. The summed E-state index contributed by atoms with van der Waals surface area (Å²) in [6.07, 6.45) is 8.75. The first-order chi connectivity index (χ1) is 14.3. The molecule has 2 aromatic rings. The number of rotatable bonds is 3. The van der Waals surface area contributed by atoms with Gasteiger partial charge in [0.2, 0.25) is 5.91 Å². The lowest BCUT2D eigenvalue weighted by Crippen LogP contribution is -2.58. The first-order valence-electron chi connectivity index (χ1n) is 11.0. The number of para-hydroxylation sites is 1. The van der Waals surface area contributed by atoms with Crippen LogP contribution in [0.4, 0.5) is 5.69 Å². The minimum absolute atomic E-state index is 0.200. The predicted molar refractivity (Wildman–Crippen MR) is 115 cm³/mol. The molecule has 1 spiro atoms. The number of hydrogen-bond acceptors (Lipinski definition) is 4. The predicted octanol–water partition coefficient (Wildman–Crippen LogP) is 3.54. The molecule has 0 unspecified atom stereocenters. The number of amides is 1. The van der Waals surface area contributed by atoms with E-state index < -0.39 is 5.54 Å². The number of carbonyl (C=O) groups is 1. The van der Waals surface area contributed by atoms with Crippen molar-refractivity contribution in [2.75, 3.05) is 24.7 Å². The molecular formula is C24H30N4O. The Bertz CT molecular complexity index is 832. The van der Waals surface area contributed by atoms with Crippen LogP contribution in [0.3, 0.4) is 0 Å². The largest absolute Gasteiger partial charge is 0.339 e. The summed E-state index contributed by atoms with van der Waals surface area (Å²) in [5.74, 6) is 0.715. The number of benzene rings is 1. The van der Waals surface area contributed by atoms with Crippen molar-refractivity contribution in [2.24, 2.45) is 0 Å². The van der Waals surface area contributed by atoms with Crippen LogP contribution in [0.5, 0.6) is 0 Å². The van der Waals surface area contributed by atoms with Crippen molar-refractivity contribution >= 4 is 11.6 Å². The second-order valence-corrected chi connectivity index (χ2v) is 8.71. The Balaban J connectivity index is 1.34. The highest BCUT2D eigenvalue weighted by molar-refractivity contribution is 5.93. The number of piperidine rings is 1. The number of likely N-dealkylation sites (tertiary alicyclic amines) is 1. The Labute approximate surface area is 173 Å². The van der Waals surface area contributed by atoms with Crippen molar-refractivity contribution in [1.29, 1.82) is 0 Å². The number of nitrogens with one attached hydrogen (secondary N) is 1. The molecule has 3 fully saturated rings. The smallest absolute Gasteiger partial charge is 0.247 e. The van der Waals surface area contributed by atoms with Gasteiger partial charge in [0.1, 0.15) is 5.54 Å². The van der Waals surface area contributed by atoms with Gasteiger partial charge in [0.15, 0.2) is 0 Å². The molecule has 1 aliphatic carbocycles. The third-order valence-corrected chi connectivity index (χ3v) is 7.30. The molecule has 1 N–H and O–H groups in total. The fourth-order valence-electron chi connectivity index (χ4n) is 5.75. The van der Waals surface area contributed by atoms with Gasteiger partial charge in [0.25, 0.3) is 0 Å². The fourth-order valence-corrected chi connectivity index (χ4v) is 5.75. The van der Waals surface area contributed by atoms with Crippen molar-refractivity contribution in [3.8, 4) is 0 Å². The van der Waals surface area contributed by atoms with Crippen LogP contribution in [0, 0.1) is 0 Å². The zero-order valence-electron chi connectivity index (χ0n) is 17.0. The Morgan fingerprint density at radius 2 is 1.72 bits per heavy atom. The number of nitrogens with zero attached hydrogens (tertiary/aromatic N) is 3. The summed E-state index contributed by atoms with van der Waals surface area (Å²) in [5, 5.41) is 3.12. The maximum absolute atomic E-state index is 12.9. The van der Waals surface area contributed by atoms with Crippen molar-refractivity contribution < 1.29 is 4.79 Å². The highest BCUT2D eigenvalue weighted by Gasteiger charge is 2.51. The molecule has 1 amide bonds. The van der Waals surface area contributed by atoms with Crippen molar-refractivity contribution in [1.82, 2.24) is 15.2 Å². The van der Waals surface area contributed by atoms with Crippen LogP contribution in [0.15, 0.2) is 54.7 Å². The lowest BCUT2D eigenvalue weighted by molar-refractivity contribution is -0.125. The molecule has 3 aliphatic rings. The lowest BCUT2D eigenvalue weighted by atomic mass is 9.78. The average Bonchev–Trinajstić information content (AvgIpc) is 3.11. The van der Waals surface area contributed by atoms with E-state index >= 15 is 0 Å². The average molecular weight is 391 g/mol. The van der Waals surface area contributed by atoms with Gasteiger partial charge in [-0.05, 0) is 49.9 Å². The van der Waals surface area contributed by atoms with Crippen LogP contribution in [0.2, 0.25) is 0 Å². The molecule has 29 heavy (non-hydrogen) atoms. The molecule has 2 atom stereocenters. The van der Waals surface area contributed by atoms with Crippen molar-refractivity contribution in [3.63, 3.8) is 0 Å². The van der Waals surface area contributed by atoms with Crippen LogP contribution in [-0.4, -0.2) is 47.1 Å². The molecule has 0 radical (unpaired) electrons. The van der Waals surface area contributed by atoms with Crippen LogP contribution in [0.25, 0.3) is 0 Å². The van der Waals surface area contributed by atoms with Gasteiger partial charge in [-0.1, -0.05) is 37.1 Å². The summed E-state index contributed by atoms with van der Waals surface area (Å²) in [6, 6.07) is 17.2. The third kappa shape index (κ3) is 3.31. The number of carbonyl (C=O) groups excluding carboxylic acids is 1. The van der Waals surface area contributed by atoms with E-state index in [0.717, 1.165) is 31.6 Å². The number of pyridine rings is 1. The lowest BCUT2D eigenvalue weighted by Gasteiger charge is -2.48. The molecule has 1 saturated carbocycles. The minimum Gasteiger partial charge on any atom is -0.339 e. The van der Waals surface area contributed by atoms with E-state index in [0.29, 0.717) is 18.6 Å². The standard InChI is InChI=1S/C24H30N4O/c29-23-24(28(18-26-23)19-8-2-1-3-9-19)13-16-27(17-14-24)22-12-5-4-10-20(22)21-11-6-7-15-25-21/h1-3,6-9,11,15,20,22H,4-5,10,12-14,16-18H2,(H,26,29)/t20-,22-/m0/s1. The summed E-state index contributed by atoms with van der Waals surface area (Å²) >= 11 is 0. The first-order valence-corrected chi connectivity index (χ1v) is 11.0. The van der Waals surface area contributed by atoms with Crippen LogP contribution < -0.4 is 10.2 Å². The van der Waals surface area contributed by atoms with E-state index in [9.17, 15) is 4.79 Å². The zero-order valence-corrected chi connectivity index (χ0v) is 17.0. The van der Waals surface area contributed by atoms with Crippen LogP contribution >= 0.6 is 0 Å². The Hall–Kier alpha value is -2.40. The Morgan fingerprint density at radius 1 is 0.966 bits per heavy atom. The number of anilines is 1. The van der Waals surface area contributed by atoms with E-state index in [-0.39, 0.29) is 5.91 Å². The summed E-state index contributed by atoms with van der Waals surface area (Å²) in [6.45, 7) is 2.57. The first kappa shape index (κ1) is 18.6. The second-order valence-electron chi connectivity index (χ2n) is 8.71. The molecule has 0 bridgehead atoms. The Kier molecular flexibility index (Phi) is 5.00. The van der Waals surface area contributed by atoms with E-state index in [2.05, 4.69) is 56.5 Å². The van der Waals surface area contributed by atoms with E-state index in [1.54, 1.807) is 0 Å². The summed E-state index contributed by atoms with van der Waals surface area (Å²) in [5.41, 5.74) is 1.98. The summed E-state index contributed by atoms with van der Waals surface area (Å²) in [4.78, 5) is 22.6. The highest BCUT2D eigenvalue weighted by atomic mass is 16.2. The maximum atomic E-state index is 12.9. The number of aromatic nitrogens is 1. The van der Waals surface area contributed by atoms with Crippen molar-refractivity contribution in [3.05, 3.63) is 60.4 Å². The van der Waals surface area contributed by atoms with Gasteiger partial charge < -0.3 is 10.2 Å². The van der Waals surface area contributed by atoms with E-state index in [4.69, 9.17) is 0 Å². The van der Waals surface area contributed by atoms with Gasteiger partial charge in [-0.15, -0.1) is 0 Å². The zero-order chi connectivity index (χ0) is 19.7. The van der Waals surface area contributed by atoms with Gasteiger partial charge >= 0.3 is 0 Å². The van der Waals surface area contributed by atoms with Crippen LogP contribution in [-0.2, 0) is 4.79 Å². The molecule has 5 heteroatoms. The molecule has 1 aromatic carbocycles. The monoisotopic (exact) mass is 390 g/mol. The topological polar surface area (TPSA) is 48.5 Å². The second kappa shape index (κ2) is 7.79. The molecule has 2 saturated heterocycles. The SMILES string of the molecule is O=C1NCN(c2ccccc2)C12CCN([C@H]1CCCC[C@H]1c1ccccn1)CC2. The minimum atomic E-state index is -0.396. The van der Waals surface area contributed by atoms with Crippen molar-refractivity contribution in [2.45, 2.75) is 56.0 Å². The van der Waals surface area contributed by atoms with Gasteiger partial charge in [-0.3, -0.25) is 14.7 Å². The van der Waals surface area contributed by atoms with Gasteiger partial charge in [0.05, 0.1) is 6.67 Å². The molecular weight excluding hydrogens is 360 g/mol. The molecule has 3 heterocycles. The summed E-state index contributed by atoms with van der Waals surface area (Å²) < 4.78 is 0. The normalized spacial score (nSPS) is 27.2. The van der Waals surface area contributed by atoms with Crippen LogP contribution in [0.1, 0.15) is 50.1 Å².